The molecular weight excluding hydrogens is 397 g/mol. The molecule has 30 heavy (non-hydrogen) atoms. The topological polar surface area (TPSA) is 89.4 Å². The van der Waals surface area contributed by atoms with Gasteiger partial charge >= 0.3 is 6.18 Å². The van der Waals surface area contributed by atoms with E-state index in [0.717, 1.165) is 12.3 Å². The Morgan fingerprint density at radius 1 is 1.17 bits per heavy atom. The molecule has 0 fully saturated rings. The largest absolute Gasteiger partial charge is 0.417 e. The number of rotatable bonds is 4. The Balaban J connectivity index is 1.63. The number of amides is 1. The smallest absolute Gasteiger partial charge is 0.382 e. The van der Waals surface area contributed by atoms with Crippen molar-refractivity contribution >= 4 is 28.3 Å². The molecule has 4 aromatic rings. The highest BCUT2D eigenvalue weighted by atomic mass is 19.4. The highest BCUT2D eigenvalue weighted by Gasteiger charge is 2.30. The molecule has 4 rings (SSSR count). The van der Waals surface area contributed by atoms with Gasteiger partial charge in [0.05, 0.1) is 41.4 Å². The number of alkyl halides is 3. The first-order valence-electron chi connectivity index (χ1n) is 9.10. The fourth-order valence-corrected chi connectivity index (χ4v) is 3.20. The number of imidazole rings is 1. The lowest BCUT2D eigenvalue weighted by atomic mass is 10.1. The first-order valence-corrected chi connectivity index (χ1v) is 9.10. The molecule has 10 heteroatoms. The number of nitrogen functional groups attached to an aromatic ring is 1. The van der Waals surface area contributed by atoms with Gasteiger partial charge < -0.3 is 10.6 Å². The maximum Gasteiger partial charge on any atom is 0.417 e. The van der Waals surface area contributed by atoms with Crippen molar-refractivity contribution in [2.45, 2.75) is 19.6 Å². The third kappa shape index (κ3) is 3.51. The fourth-order valence-electron chi connectivity index (χ4n) is 3.20. The summed E-state index contributed by atoms with van der Waals surface area (Å²) >= 11 is 0. The normalized spacial score (nSPS) is 11.9. The van der Waals surface area contributed by atoms with E-state index in [4.69, 9.17) is 5.73 Å². The molecule has 1 amide bonds. The van der Waals surface area contributed by atoms with Crippen molar-refractivity contribution in [3.63, 3.8) is 0 Å². The number of pyridine rings is 1. The summed E-state index contributed by atoms with van der Waals surface area (Å²) in [6.07, 6.45) is -0.499. The van der Waals surface area contributed by atoms with E-state index >= 15 is 0 Å². The maximum atomic E-state index is 13.0. The molecular formula is C20H17F3N6O. The number of anilines is 1. The van der Waals surface area contributed by atoms with Crippen LogP contribution in [-0.2, 0) is 12.7 Å². The van der Waals surface area contributed by atoms with Crippen molar-refractivity contribution in [2.24, 2.45) is 0 Å². The van der Waals surface area contributed by atoms with Crippen LogP contribution in [0.4, 0.5) is 19.0 Å². The summed E-state index contributed by atoms with van der Waals surface area (Å²) in [6.45, 7) is 2.24. The summed E-state index contributed by atoms with van der Waals surface area (Å²) in [5.41, 5.74) is 7.80. The van der Waals surface area contributed by atoms with Gasteiger partial charge in [0.2, 0.25) is 0 Å². The number of nitrogens with two attached hydrogens (primary N) is 1. The second kappa shape index (κ2) is 7.29. The van der Waals surface area contributed by atoms with Crippen LogP contribution >= 0.6 is 0 Å². The van der Waals surface area contributed by atoms with Crippen molar-refractivity contribution in [1.29, 1.82) is 0 Å². The molecule has 0 aliphatic carbocycles. The van der Waals surface area contributed by atoms with Crippen LogP contribution in [0.25, 0.3) is 16.6 Å². The van der Waals surface area contributed by atoms with E-state index in [0.29, 0.717) is 40.2 Å². The van der Waals surface area contributed by atoms with Gasteiger partial charge in [-0.3, -0.25) is 14.2 Å². The number of hydrogen-bond donors (Lipinski definition) is 1. The zero-order valence-corrected chi connectivity index (χ0v) is 15.9. The number of nitrogens with zero attached hydrogens (tertiary/aromatic N) is 5. The molecule has 2 N–H and O–H groups in total. The predicted molar refractivity (Wildman–Crippen MR) is 105 cm³/mol. The molecule has 3 heterocycles. The summed E-state index contributed by atoms with van der Waals surface area (Å²) in [5, 5.41) is 0. The van der Waals surface area contributed by atoms with Crippen LogP contribution in [0.5, 0.6) is 0 Å². The molecule has 3 aromatic heterocycles. The van der Waals surface area contributed by atoms with Crippen molar-refractivity contribution in [3.05, 3.63) is 65.9 Å². The second-order valence-electron chi connectivity index (χ2n) is 6.70. The minimum absolute atomic E-state index is 0.0893. The number of halogens is 3. The maximum absolute atomic E-state index is 13.0. The van der Waals surface area contributed by atoms with E-state index in [1.165, 1.54) is 11.0 Å². The Bertz CT molecular complexity index is 1230. The fraction of sp³-hybridized carbons (Fsp3) is 0.200. The Hall–Kier alpha value is -3.69. The molecule has 0 saturated carbocycles. The summed E-state index contributed by atoms with van der Waals surface area (Å²) in [6, 6.07) is 7.27. The van der Waals surface area contributed by atoms with Gasteiger partial charge in [-0.2, -0.15) is 13.2 Å². The molecule has 0 aliphatic heterocycles. The van der Waals surface area contributed by atoms with E-state index in [1.807, 2.05) is 0 Å². The van der Waals surface area contributed by atoms with Crippen LogP contribution in [-0.4, -0.2) is 36.7 Å². The molecule has 0 aliphatic rings. The number of aromatic nitrogens is 4. The van der Waals surface area contributed by atoms with Crippen molar-refractivity contribution in [1.82, 2.24) is 24.3 Å². The van der Waals surface area contributed by atoms with Gasteiger partial charge in [-0.25, -0.2) is 9.97 Å². The standard InChI is InChI=1S/C20H17F3N6O/c1-2-28(10-14-5-4-13(8-26-14)20(21,22)23)19(30)12-3-6-15-16(7-12)29-11-25-9-17(29)18(24)27-15/h3-9,11H,2,10H2,1H3,(H2,24,27). The molecule has 1 aromatic carbocycles. The summed E-state index contributed by atoms with van der Waals surface area (Å²) in [7, 11) is 0. The molecule has 0 bridgehead atoms. The summed E-state index contributed by atoms with van der Waals surface area (Å²) < 4.78 is 39.9. The Morgan fingerprint density at radius 2 is 1.97 bits per heavy atom. The minimum atomic E-state index is -4.45. The van der Waals surface area contributed by atoms with Crippen molar-refractivity contribution in [3.8, 4) is 0 Å². The molecule has 0 atom stereocenters. The minimum Gasteiger partial charge on any atom is -0.382 e. The van der Waals surface area contributed by atoms with E-state index in [1.54, 1.807) is 42.0 Å². The van der Waals surface area contributed by atoms with E-state index in [2.05, 4.69) is 15.0 Å². The zero-order chi connectivity index (χ0) is 21.5. The number of fused-ring (bicyclic) bond motifs is 3. The Morgan fingerprint density at radius 3 is 2.63 bits per heavy atom. The van der Waals surface area contributed by atoms with Crippen LogP contribution in [0.3, 0.4) is 0 Å². The summed E-state index contributed by atoms with van der Waals surface area (Å²) in [5.74, 6) is 0.0637. The number of benzene rings is 1. The van der Waals surface area contributed by atoms with E-state index in [9.17, 15) is 18.0 Å². The lowest BCUT2D eigenvalue weighted by Gasteiger charge is -2.21. The Kier molecular flexibility index (Phi) is 4.76. The molecule has 154 valence electrons. The van der Waals surface area contributed by atoms with Gasteiger partial charge in [-0.1, -0.05) is 0 Å². The first-order chi connectivity index (χ1) is 14.3. The average molecular weight is 414 g/mol. The molecule has 0 saturated heterocycles. The van der Waals surface area contributed by atoms with Gasteiger partial charge in [0, 0.05) is 18.3 Å². The molecule has 0 spiro atoms. The number of carbonyl (C=O) groups is 1. The van der Waals surface area contributed by atoms with Crippen LogP contribution in [0.15, 0.2) is 49.1 Å². The van der Waals surface area contributed by atoms with Gasteiger partial charge in [0.25, 0.3) is 5.91 Å². The third-order valence-corrected chi connectivity index (χ3v) is 4.80. The zero-order valence-electron chi connectivity index (χ0n) is 15.9. The van der Waals surface area contributed by atoms with Gasteiger partial charge in [-0.05, 0) is 37.3 Å². The highest BCUT2D eigenvalue weighted by molar-refractivity contribution is 5.98. The highest BCUT2D eigenvalue weighted by Crippen LogP contribution is 2.28. The number of carbonyl (C=O) groups excluding carboxylic acids is 1. The molecule has 0 unspecified atom stereocenters. The van der Waals surface area contributed by atoms with Crippen molar-refractivity contribution in [2.75, 3.05) is 12.3 Å². The number of hydrogen-bond acceptors (Lipinski definition) is 5. The van der Waals surface area contributed by atoms with Crippen LogP contribution in [0.1, 0.15) is 28.5 Å². The SMILES string of the molecule is CCN(Cc1ccc(C(F)(F)F)cn1)C(=O)c1ccc2nc(N)c3cncn3c2c1. The monoisotopic (exact) mass is 414 g/mol. The lowest BCUT2D eigenvalue weighted by Crippen LogP contribution is -2.30. The first kappa shape index (κ1) is 19.6. The van der Waals surface area contributed by atoms with Crippen molar-refractivity contribution < 1.29 is 18.0 Å². The second-order valence-corrected chi connectivity index (χ2v) is 6.70. The molecule has 7 nitrogen and oxygen atoms in total. The quantitative estimate of drug-likeness (QED) is 0.552. The third-order valence-electron chi connectivity index (χ3n) is 4.80. The van der Waals surface area contributed by atoms with E-state index in [-0.39, 0.29) is 12.5 Å². The van der Waals surface area contributed by atoms with Gasteiger partial charge in [-0.15, -0.1) is 0 Å². The average Bonchev–Trinajstić information content (AvgIpc) is 3.22. The van der Waals surface area contributed by atoms with Crippen LogP contribution in [0, 0.1) is 0 Å². The lowest BCUT2D eigenvalue weighted by molar-refractivity contribution is -0.137. The van der Waals surface area contributed by atoms with E-state index < -0.39 is 11.7 Å². The Labute approximate surface area is 169 Å². The van der Waals surface area contributed by atoms with Crippen LogP contribution in [0.2, 0.25) is 0 Å². The van der Waals surface area contributed by atoms with Crippen LogP contribution < -0.4 is 5.73 Å². The summed E-state index contributed by atoms with van der Waals surface area (Å²) in [4.78, 5) is 26.8. The predicted octanol–water partition coefficient (Wildman–Crippen LogP) is 3.54. The van der Waals surface area contributed by atoms with Gasteiger partial charge in [0.15, 0.2) is 0 Å². The molecule has 0 radical (unpaired) electrons. The van der Waals surface area contributed by atoms with Gasteiger partial charge in [0.1, 0.15) is 11.3 Å².